The van der Waals surface area contributed by atoms with Crippen molar-refractivity contribution in [3.05, 3.63) is 34.7 Å². The van der Waals surface area contributed by atoms with Gasteiger partial charge in [-0.2, -0.15) is 0 Å². The molecule has 2 N–H and O–H groups in total. The van der Waals surface area contributed by atoms with Gasteiger partial charge in [-0.25, -0.2) is 9.78 Å². The minimum Gasteiger partial charge on any atom is -0.444 e. The summed E-state index contributed by atoms with van der Waals surface area (Å²) in [6, 6.07) is 5.73. The van der Waals surface area contributed by atoms with Gasteiger partial charge in [-0.1, -0.05) is 52.2 Å². The summed E-state index contributed by atoms with van der Waals surface area (Å²) in [5.74, 6) is -0.383. The van der Waals surface area contributed by atoms with Crippen LogP contribution in [0.15, 0.2) is 23.6 Å². The van der Waals surface area contributed by atoms with Crippen molar-refractivity contribution < 1.29 is 19.1 Å². The quantitative estimate of drug-likeness (QED) is 0.441. The Balaban J connectivity index is 0.00000125. The van der Waals surface area contributed by atoms with Crippen molar-refractivity contribution >= 4 is 34.3 Å². The van der Waals surface area contributed by atoms with E-state index < -0.39 is 17.6 Å². The van der Waals surface area contributed by atoms with E-state index >= 15 is 0 Å². The van der Waals surface area contributed by atoms with E-state index in [-0.39, 0.29) is 12.3 Å². The molecule has 2 rings (SSSR count). The summed E-state index contributed by atoms with van der Waals surface area (Å²) >= 11 is 1.27. The predicted octanol–water partition coefficient (Wildman–Crippen LogP) is 6.23. The number of thiazole rings is 1. The molecule has 0 atom stereocenters. The Bertz CT molecular complexity index is 930. The number of anilines is 1. The Labute approximate surface area is 201 Å². The SMILES string of the molecule is CCCC.CCCc1ccc(-c2csc(NC(=O)CNC(=O)OC(C)(C)C)n2)cc1C(C)=O. The molecular formula is C25H37N3O4S. The van der Waals surface area contributed by atoms with Crippen molar-refractivity contribution in [1.29, 1.82) is 0 Å². The minimum absolute atomic E-state index is 0.0206. The van der Waals surface area contributed by atoms with E-state index in [9.17, 15) is 14.4 Å². The fraction of sp³-hybridized carbons (Fsp3) is 0.520. The molecule has 0 saturated heterocycles. The first-order valence-corrected chi connectivity index (χ1v) is 12.2. The molecule has 0 unspecified atom stereocenters. The molecule has 2 amide bonds. The standard InChI is InChI=1S/C21H27N3O4S.C4H10/c1-6-7-14-8-9-15(10-16(14)13(2)25)17-12-29-19(23-17)24-18(26)11-22-20(27)28-21(3,4)5;1-3-4-2/h8-10,12H,6-7,11H2,1-5H3,(H,22,27)(H,23,24,26);3-4H2,1-2H3. The lowest BCUT2D eigenvalue weighted by atomic mass is 9.97. The third kappa shape index (κ3) is 10.6. The van der Waals surface area contributed by atoms with Crippen LogP contribution < -0.4 is 10.6 Å². The molecule has 0 fully saturated rings. The number of unbranched alkanes of at least 4 members (excludes halogenated alkanes) is 1. The second kappa shape index (κ2) is 13.7. The summed E-state index contributed by atoms with van der Waals surface area (Å²) in [6.45, 7) is 13.0. The van der Waals surface area contributed by atoms with Crippen molar-refractivity contribution in [2.75, 3.05) is 11.9 Å². The number of aryl methyl sites for hydroxylation is 1. The number of hydrogen-bond donors (Lipinski definition) is 2. The van der Waals surface area contributed by atoms with Gasteiger partial charge in [0.05, 0.1) is 5.69 Å². The van der Waals surface area contributed by atoms with Gasteiger partial charge in [-0.3, -0.25) is 9.59 Å². The van der Waals surface area contributed by atoms with Crippen LogP contribution in [0.2, 0.25) is 0 Å². The predicted molar refractivity (Wildman–Crippen MR) is 135 cm³/mol. The first kappa shape index (κ1) is 28.3. The van der Waals surface area contributed by atoms with Gasteiger partial charge < -0.3 is 15.4 Å². The monoisotopic (exact) mass is 475 g/mol. The van der Waals surface area contributed by atoms with Crippen LogP contribution in [0.25, 0.3) is 11.3 Å². The van der Waals surface area contributed by atoms with E-state index in [1.54, 1.807) is 27.7 Å². The molecule has 8 heteroatoms. The van der Waals surface area contributed by atoms with Crippen molar-refractivity contribution in [3.63, 3.8) is 0 Å². The number of nitrogens with zero attached hydrogens (tertiary/aromatic N) is 1. The molecule has 0 bridgehead atoms. The van der Waals surface area contributed by atoms with E-state index in [1.807, 2.05) is 23.6 Å². The van der Waals surface area contributed by atoms with Crippen LogP contribution in [0.5, 0.6) is 0 Å². The first-order valence-electron chi connectivity index (χ1n) is 11.4. The molecule has 0 radical (unpaired) electrons. The lowest BCUT2D eigenvalue weighted by molar-refractivity contribution is -0.115. The van der Waals surface area contributed by atoms with Crippen LogP contribution in [0, 0.1) is 0 Å². The molecule has 0 aliphatic heterocycles. The minimum atomic E-state index is -0.656. The summed E-state index contributed by atoms with van der Waals surface area (Å²) < 4.78 is 5.09. The molecule has 0 aliphatic rings. The van der Waals surface area contributed by atoms with Crippen LogP contribution in [0.3, 0.4) is 0 Å². The van der Waals surface area contributed by atoms with Crippen LogP contribution in [0.4, 0.5) is 9.93 Å². The number of ether oxygens (including phenoxy) is 1. The van der Waals surface area contributed by atoms with E-state index in [0.717, 1.165) is 24.0 Å². The second-order valence-corrected chi connectivity index (χ2v) is 9.48. The summed E-state index contributed by atoms with van der Waals surface area (Å²) in [7, 11) is 0. The maximum absolute atomic E-state index is 12.0. The second-order valence-electron chi connectivity index (χ2n) is 8.62. The van der Waals surface area contributed by atoms with E-state index in [2.05, 4.69) is 36.4 Å². The summed E-state index contributed by atoms with van der Waals surface area (Å²) in [5, 5.41) is 7.28. The normalized spacial score (nSPS) is 10.6. The number of aromatic nitrogens is 1. The topological polar surface area (TPSA) is 97.4 Å². The average molecular weight is 476 g/mol. The summed E-state index contributed by atoms with van der Waals surface area (Å²) in [6.07, 6.45) is 3.79. The number of benzene rings is 1. The maximum Gasteiger partial charge on any atom is 0.408 e. The average Bonchev–Trinajstić information content (AvgIpc) is 3.20. The highest BCUT2D eigenvalue weighted by Crippen LogP contribution is 2.27. The first-order chi connectivity index (χ1) is 15.5. The largest absolute Gasteiger partial charge is 0.444 e. The summed E-state index contributed by atoms with van der Waals surface area (Å²) in [5.41, 5.74) is 2.59. The third-order valence-corrected chi connectivity index (χ3v) is 5.10. The van der Waals surface area contributed by atoms with E-state index in [1.165, 1.54) is 24.2 Å². The van der Waals surface area contributed by atoms with Gasteiger partial charge in [-0.05, 0) is 45.7 Å². The van der Waals surface area contributed by atoms with Crippen molar-refractivity contribution in [2.24, 2.45) is 0 Å². The van der Waals surface area contributed by atoms with Crippen molar-refractivity contribution in [3.8, 4) is 11.3 Å². The third-order valence-electron chi connectivity index (χ3n) is 4.35. The molecule has 1 heterocycles. The highest BCUT2D eigenvalue weighted by atomic mass is 32.1. The number of ketones is 1. The van der Waals surface area contributed by atoms with Gasteiger partial charge in [0.1, 0.15) is 12.1 Å². The molecule has 182 valence electrons. The van der Waals surface area contributed by atoms with Crippen LogP contribution in [-0.4, -0.2) is 34.9 Å². The van der Waals surface area contributed by atoms with Gasteiger partial charge in [0, 0.05) is 16.5 Å². The highest BCUT2D eigenvalue weighted by Gasteiger charge is 2.17. The number of Topliss-reactive ketones (excluding diaryl/α,β-unsaturated/α-hetero) is 1. The fourth-order valence-corrected chi connectivity index (χ4v) is 3.38. The number of carbonyl (C=O) groups excluding carboxylic acids is 3. The molecule has 0 spiro atoms. The number of hydrogen-bond acceptors (Lipinski definition) is 6. The number of rotatable bonds is 8. The summed E-state index contributed by atoms with van der Waals surface area (Å²) in [4.78, 5) is 40.0. The molecule has 0 aliphatic carbocycles. The van der Waals surface area contributed by atoms with Crippen LogP contribution >= 0.6 is 11.3 Å². The molecule has 2 aromatic rings. The van der Waals surface area contributed by atoms with E-state index in [4.69, 9.17) is 4.74 Å². The van der Waals surface area contributed by atoms with Gasteiger partial charge in [-0.15, -0.1) is 11.3 Å². The smallest absolute Gasteiger partial charge is 0.408 e. The molecule has 33 heavy (non-hydrogen) atoms. The van der Waals surface area contributed by atoms with Gasteiger partial charge in [0.2, 0.25) is 5.91 Å². The molecule has 1 aromatic carbocycles. The zero-order valence-electron chi connectivity index (χ0n) is 20.8. The lowest BCUT2D eigenvalue weighted by Gasteiger charge is -2.19. The van der Waals surface area contributed by atoms with Gasteiger partial charge in [0.15, 0.2) is 10.9 Å². The number of alkyl carbamates (subject to hydrolysis) is 1. The molecule has 7 nitrogen and oxygen atoms in total. The Morgan fingerprint density at radius 2 is 1.73 bits per heavy atom. The van der Waals surface area contributed by atoms with Crippen LogP contribution in [-0.2, 0) is 16.0 Å². The Morgan fingerprint density at radius 3 is 2.27 bits per heavy atom. The maximum atomic E-state index is 12.0. The lowest BCUT2D eigenvalue weighted by Crippen LogP contribution is -2.37. The van der Waals surface area contributed by atoms with Gasteiger partial charge >= 0.3 is 6.09 Å². The number of nitrogens with one attached hydrogen (secondary N) is 2. The molecule has 0 saturated carbocycles. The number of amides is 2. The van der Waals surface area contributed by atoms with Gasteiger partial charge in [0.25, 0.3) is 0 Å². The molecule has 1 aromatic heterocycles. The van der Waals surface area contributed by atoms with E-state index in [0.29, 0.717) is 16.4 Å². The molecular weight excluding hydrogens is 438 g/mol. The Kier molecular flexibility index (Phi) is 11.8. The van der Waals surface area contributed by atoms with Crippen molar-refractivity contribution in [1.82, 2.24) is 10.3 Å². The zero-order valence-corrected chi connectivity index (χ0v) is 21.6. The van der Waals surface area contributed by atoms with Crippen LogP contribution in [0.1, 0.15) is 83.7 Å². The number of carbonyl (C=O) groups is 3. The Morgan fingerprint density at radius 1 is 1.06 bits per heavy atom. The highest BCUT2D eigenvalue weighted by molar-refractivity contribution is 7.14. The fourth-order valence-electron chi connectivity index (χ4n) is 2.64. The van der Waals surface area contributed by atoms with Crippen molar-refractivity contribution in [2.45, 2.75) is 79.8 Å². The zero-order chi connectivity index (χ0) is 25.0. The Hall–Kier alpha value is -2.74.